The van der Waals surface area contributed by atoms with Crippen molar-refractivity contribution in [3.05, 3.63) is 42.1 Å². The highest BCUT2D eigenvalue weighted by molar-refractivity contribution is 5.50. The molecule has 1 N–H and O–H groups in total. The maximum Gasteiger partial charge on any atom is 0.391 e. The van der Waals surface area contributed by atoms with Gasteiger partial charge >= 0.3 is 6.18 Å². The first kappa shape index (κ1) is 21.8. The van der Waals surface area contributed by atoms with E-state index in [2.05, 4.69) is 32.7 Å². The number of alkyl halides is 3. The van der Waals surface area contributed by atoms with Gasteiger partial charge in [0, 0.05) is 16.8 Å². The number of rotatable bonds is 7. The lowest BCUT2D eigenvalue weighted by molar-refractivity contribution is -0.169. The Bertz CT molecular complexity index is 610. The summed E-state index contributed by atoms with van der Waals surface area (Å²) in [5, 5.41) is 3.40. The fraction of sp³-hybridized carbons (Fsp3) is 0.652. The number of allylic oxidation sites excluding steroid dienone is 1. The second-order valence-corrected chi connectivity index (χ2v) is 8.73. The molecule has 152 valence electrons. The Morgan fingerprint density at radius 2 is 1.74 bits per heavy atom. The van der Waals surface area contributed by atoms with Crippen molar-refractivity contribution in [2.45, 2.75) is 72.4 Å². The van der Waals surface area contributed by atoms with Crippen molar-refractivity contribution >= 4 is 5.69 Å². The van der Waals surface area contributed by atoms with Crippen molar-refractivity contribution in [2.24, 2.45) is 23.2 Å². The number of anilines is 1. The third kappa shape index (κ3) is 5.76. The smallest absolute Gasteiger partial charge is 0.359 e. The van der Waals surface area contributed by atoms with E-state index in [1.807, 2.05) is 12.1 Å². The summed E-state index contributed by atoms with van der Waals surface area (Å²) in [4.78, 5) is 0. The van der Waals surface area contributed by atoms with Crippen molar-refractivity contribution in [1.82, 2.24) is 0 Å². The quantitative estimate of drug-likeness (QED) is 0.513. The lowest BCUT2D eigenvalue weighted by Gasteiger charge is -2.41. The normalized spacial score (nSPS) is 25.7. The highest BCUT2D eigenvalue weighted by atomic mass is 19.4. The van der Waals surface area contributed by atoms with Crippen LogP contribution >= 0.6 is 0 Å². The predicted octanol–water partition coefficient (Wildman–Crippen LogP) is 7.60. The minimum absolute atomic E-state index is 0.0133. The van der Waals surface area contributed by atoms with Gasteiger partial charge in [0.25, 0.3) is 0 Å². The maximum absolute atomic E-state index is 12.7. The van der Waals surface area contributed by atoms with E-state index in [0.29, 0.717) is 5.56 Å². The molecule has 2 rings (SSSR count). The molecular formula is C23H34F3N. The standard InChI is InChI=1S/C23H34F3N/c1-6-16(2)20-11-13-22(5,14-12-20)18(4)27-21-9-7-19(8-10-21)15-17(3)23(24,25)26/h7-10,16-17,20,27H,4,6,11-15H2,1-3,5H3/t16?,17-,20?,22?/m0/s1. The third-order valence-electron chi connectivity index (χ3n) is 6.66. The van der Waals surface area contributed by atoms with Crippen molar-refractivity contribution in [3.8, 4) is 0 Å². The Morgan fingerprint density at radius 1 is 1.19 bits per heavy atom. The molecular weight excluding hydrogens is 347 g/mol. The highest BCUT2D eigenvalue weighted by Crippen LogP contribution is 2.45. The first-order chi connectivity index (χ1) is 12.5. The SMILES string of the molecule is C=C(Nc1ccc(C[C@H](C)C(F)(F)F)cc1)C1(C)CCC(C(C)CC)CC1. The van der Waals surface area contributed by atoms with Crippen LogP contribution < -0.4 is 5.32 Å². The van der Waals surface area contributed by atoms with Crippen LogP contribution in [0.3, 0.4) is 0 Å². The first-order valence-corrected chi connectivity index (χ1v) is 10.2. The topological polar surface area (TPSA) is 12.0 Å². The van der Waals surface area contributed by atoms with Gasteiger partial charge in [-0.25, -0.2) is 0 Å². The molecule has 4 heteroatoms. The van der Waals surface area contributed by atoms with Crippen LogP contribution in [0.2, 0.25) is 0 Å². The Kier molecular flexibility index (Phi) is 7.04. The summed E-state index contributed by atoms with van der Waals surface area (Å²) in [6.45, 7) is 12.4. The van der Waals surface area contributed by atoms with Crippen LogP contribution in [0.25, 0.3) is 0 Å². The van der Waals surface area contributed by atoms with Crippen LogP contribution in [0, 0.1) is 23.2 Å². The molecule has 0 saturated heterocycles. The first-order valence-electron chi connectivity index (χ1n) is 10.2. The zero-order valence-corrected chi connectivity index (χ0v) is 17.1. The van der Waals surface area contributed by atoms with Gasteiger partial charge in [0.05, 0.1) is 5.92 Å². The molecule has 27 heavy (non-hydrogen) atoms. The van der Waals surface area contributed by atoms with Crippen molar-refractivity contribution < 1.29 is 13.2 Å². The lowest BCUT2D eigenvalue weighted by Crippen LogP contribution is -2.31. The van der Waals surface area contributed by atoms with Crippen LogP contribution in [0.1, 0.15) is 65.4 Å². The van der Waals surface area contributed by atoms with E-state index in [9.17, 15) is 13.2 Å². The Balaban J connectivity index is 1.92. The summed E-state index contributed by atoms with van der Waals surface area (Å²) in [5.41, 5.74) is 2.69. The Morgan fingerprint density at radius 3 is 2.22 bits per heavy atom. The Labute approximate surface area is 162 Å². The summed E-state index contributed by atoms with van der Waals surface area (Å²) in [6.07, 6.45) is 1.85. The van der Waals surface area contributed by atoms with Gasteiger partial charge in [-0.2, -0.15) is 13.2 Å². The Hall–Kier alpha value is -1.45. The lowest BCUT2D eigenvalue weighted by atomic mass is 9.67. The van der Waals surface area contributed by atoms with Crippen LogP contribution in [-0.2, 0) is 6.42 Å². The molecule has 2 atom stereocenters. The zero-order chi connectivity index (χ0) is 20.2. The number of benzene rings is 1. The zero-order valence-electron chi connectivity index (χ0n) is 17.1. The molecule has 0 aromatic heterocycles. The minimum atomic E-state index is -4.14. The van der Waals surface area contributed by atoms with Gasteiger partial charge in [0.15, 0.2) is 0 Å². The summed E-state index contributed by atoms with van der Waals surface area (Å²) in [7, 11) is 0. The molecule has 0 heterocycles. The van der Waals surface area contributed by atoms with Crippen LogP contribution in [0.4, 0.5) is 18.9 Å². The summed E-state index contributed by atoms with van der Waals surface area (Å²) < 4.78 is 38.1. The number of hydrogen-bond acceptors (Lipinski definition) is 1. The highest BCUT2D eigenvalue weighted by Gasteiger charge is 2.36. The molecule has 1 fully saturated rings. The van der Waals surface area contributed by atoms with E-state index in [1.165, 1.54) is 26.2 Å². The van der Waals surface area contributed by atoms with Crippen LogP contribution in [-0.4, -0.2) is 6.18 Å². The largest absolute Gasteiger partial charge is 0.391 e. The van der Waals surface area contributed by atoms with Crippen LogP contribution in [0.5, 0.6) is 0 Å². The molecule has 0 amide bonds. The number of nitrogens with one attached hydrogen (secondary N) is 1. The van der Waals surface area contributed by atoms with Crippen LogP contribution in [0.15, 0.2) is 36.5 Å². The van der Waals surface area contributed by atoms with E-state index < -0.39 is 12.1 Å². The molecule has 0 spiro atoms. The van der Waals surface area contributed by atoms with E-state index in [4.69, 9.17) is 0 Å². The molecule has 1 unspecified atom stereocenters. The molecule has 1 aliphatic rings. The molecule has 1 nitrogen and oxygen atoms in total. The third-order valence-corrected chi connectivity index (χ3v) is 6.66. The van der Waals surface area contributed by atoms with Crippen molar-refractivity contribution in [2.75, 3.05) is 5.32 Å². The fourth-order valence-electron chi connectivity index (χ4n) is 4.00. The number of halogens is 3. The van der Waals surface area contributed by atoms with Gasteiger partial charge in [-0.15, -0.1) is 0 Å². The summed E-state index contributed by atoms with van der Waals surface area (Å²) in [6, 6.07) is 7.27. The molecule has 0 bridgehead atoms. The van der Waals surface area contributed by atoms with Gasteiger partial charge < -0.3 is 5.32 Å². The summed E-state index contributed by atoms with van der Waals surface area (Å²) in [5.74, 6) is 0.263. The van der Waals surface area contributed by atoms with Gasteiger partial charge in [-0.1, -0.05) is 52.8 Å². The molecule has 0 radical (unpaired) electrons. The second-order valence-electron chi connectivity index (χ2n) is 8.73. The van der Waals surface area contributed by atoms with Crippen molar-refractivity contribution in [1.29, 1.82) is 0 Å². The fourth-order valence-corrected chi connectivity index (χ4v) is 4.00. The molecule has 1 aromatic carbocycles. The average Bonchev–Trinajstić information content (AvgIpc) is 2.62. The van der Waals surface area contributed by atoms with Gasteiger partial charge in [-0.05, 0) is 61.6 Å². The maximum atomic E-state index is 12.7. The average molecular weight is 382 g/mol. The van der Waals surface area contributed by atoms with E-state index >= 15 is 0 Å². The molecule has 1 aliphatic carbocycles. The monoisotopic (exact) mass is 381 g/mol. The minimum Gasteiger partial charge on any atom is -0.359 e. The van der Waals surface area contributed by atoms with Gasteiger partial charge in [-0.3, -0.25) is 0 Å². The molecule has 1 saturated carbocycles. The van der Waals surface area contributed by atoms with E-state index in [0.717, 1.165) is 36.1 Å². The molecule has 0 aliphatic heterocycles. The van der Waals surface area contributed by atoms with Crippen molar-refractivity contribution in [3.63, 3.8) is 0 Å². The predicted molar refractivity (Wildman–Crippen MR) is 108 cm³/mol. The van der Waals surface area contributed by atoms with E-state index in [-0.39, 0.29) is 11.8 Å². The van der Waals surface area contributed by atoms with Gasteiger partial charge in [0.2, 0.25) is 0 Å². The molecule has 1 aromatic rings. The summed E-state index contributed by atoms with van der Waals surface area (Å²) >= 11 is 0. The number of hydrogen-bond donors (Lipinski definition) is 1. The van der Waals surface area contributed by atoms with Gasteiger partial charge in [0.1, 0.15) is 0 Å². The second kappa shape index (κ2) is 8.70. The van der Waals surface area contributed by atoms with E-state index in [1.54, 1.807) is 12.1 Å².